The molecule has 2 aromatic carbocycles. The summed E-state index contributed by atoms with van der Waals surface area (Å²) < 4.78 is 18.9. The molecule has 0 aliphatic carbocycles. The SMILES string of the molecule is N#CNC1=NC(c2ccc(COc3cccc(F)c3)cc2)c2c(nc(N)c(C#N)c2N)N1. The molecule has 0 spiro atoms. The average molecular weight is 428 g/mol. The standard InChI is InChI=1S/C22H17FN8O/c23-14-2-1-3-15(8-14)32-10-12-4-6-13(7-5-12)19-17-18(26)16(9-24)20(27)30-21(17)31-22(29-19)28-11-25/h1-8,19H,10H2,(H6,26,27,28,29,30,31). The third-order valence-corrected chi connectivity index (χ3v) is 4.85. The van der Waals surface area contributed by atoms with Gasteiger partial charge in [-0.1, -0.05) is 30.3 Å². The number of nitrogens with two attached hydrogens (primary N) is 2. The molecule has 0 bridgehead atoms. The molecule has 9 nitrogen and oxygen atoms in total. The molecule has 1 unspecified atom stereocenters. The monoisotopic (exact) mass is 428 g/mol. The van der Waals surface area contributed by atoms with E-state index in [2.05, 4.69) is 20.6 Å². The fraction of sp³-hybridized carbons (Fsp3) is 0.0909. The molecule has 32 heavy (non-hydrogen) atoms. The van der Waals surface area contributed by atoms with Gasteiger partial charge in [0.15, 0.2) is 6.19 Å². The van der Waals surface area contributed by atoms with Gasteiger partial charge in [0.25, 0.3) is 0 Å². The zero-order chi connectivity index (χ0) is 22.7. The highest BCUT2D eigenvalue weighted by Gasteiger charge is 2.29. The van der Waals surface area contributed by atoms with E-state index in [-0.39, 0.29) is 35.5 Å². The molecule has 1 aliphatic heterocycles. The highest BCUT2D eigenvalue weighted by molar-refractivity contribution is 5.98. The lowest BCUT2D eigenvalue weighted by Crippen LogP contribution is -2.32. The van der Waals surface area contributed by atoms with Crippen molar-refractivity contribution in [1.29, 1.82) is 10.5 Å². The van der Waals surface area contributed by atoms with Crippen molar-refractivity contribution in [3.63, 3.8) is 0 Å². The molecule has 0 amide bonds. The van der Waals surface area contributed by atoms with Crippen molar-refractivity contribution >= 4 is 23.3 Å². The van der Waals surface area contributed by atoms with Crippen molar-refractivity contribution in [2.45, 2.75) is 12.6 Å². The van der Waals surface area contributed by atoms with Crippen LogP contribution < -0.4 is 26.8 Å². The number of pyridine rings is 1. The Morgan fingerprint density at radius 3 is 2.62 bits per heavy atom. The van der Waals surface area contributed by atoms with Gasteiger partial charge in [-0.05, 0) is 23.3 Å². The Labute approximate surface area is 182 Å². The summed E-state index contributed by atoms with van der Waals surface area (Å²) in [5, 5.41) is 23.7. The van der Waals surface area contributed by atoms with Gasteiger partial charge in [0.2, 0.25) is 5.96 Å². The van der Waals surface area contributed by atoms with Crippen LogP contribution in [0.15, 0.2) is 53.5 Å². The maximum absolute atomic E-state index is 13.3. The van der Waals surface area contributed by atoms with Crippen LogP contribution in [0.2, 0.25) is 0 Å². The van der Waals surface area contributed by atoms with Crippen molar-refractivity contribution in [2.75, 3.05) is 16.8 Å². The topological polar surface area (TPSA) is 158 Å². The summed E-state index contributed by atoms with van der Waals surface area (Å²) in [5.41, 5.74) is 14.4. The Kier molecular flexibility index (Phi) is 5.43. The summed E-state index contributed by atoms with van der Waals surface area (Å²) in [7, 11) is 0. The zero-order valence-corrected chi connectivity index (χ0v) is 16.6. The normalized spacial score (nSPS) is 14.2. The highest BCUT2D eigenvalue weighted by Crippen LogP contribution is 2.40. The number of hydrogen-bond donors (Lipinski definition) is 4. The Morgan fingerprint density at radius 2 is 1.94 bits per heavy atom. The van der Waals surface area contributed by atoms with Gasteiger partial charge < -0.3 is 21.5 Å². The number of aromatic nitrogens is 1. The first-order chi connectivity index (χ1) is 15.5. The van der Waals surface area contributed by atoms with Gasteiger partial charge in [-0.25, -0.2) is 14.4 Å². The lowest BCUT2D eigenvalue weighted by molar-refractivity contribution is 0.304. The number of fused-ring (bicyclic) bond motifs is 1. The number of rotatable bonds is 4. The van der Waals surface area contributed by atoms with Crippen LogP contribution >= 0.6 is 0 Å². The molecular weight excluding hydrogens is 411 g/mol. The van der Waals surface area contributed by atoms with E-state index in [0.29, 0.717) is 17.1 Å². The molecule has 0 radical (unpaired) electrons. The second-order valence-corrected chi connectivity index (χ2v) is 6.89. The van der Waals surface area contributed by atoms with Crippen molar-refractivity contribution in [2.24, 2.45) is 4.99 Å². The number of benzene rings is 2. The second-order valence-electron chi connectivity index (χ2n) is 6.89. The first kappa shape index (κ1) is 20.4. The van der Waals surface area contributed by atoms with Gasteiger partial charge in [0, 0.05) is 11.6 Å². The fourth-order valence-corrected chi connectivity index (χ4v) is 3.34. The van der Waals surface area contributed by atoms with Crippen molar-refractivity contribution in [1.82, 2.24) is 10.3 Å². The molecule has 6 N–H and O–H groups in total. The maximum atomic E-state index is 13.3. The highest BCUT2D eigenvalue weighted by atomic mass is 19.1. The van der Waals surface area contributed by atoms with Crippen LogP contribution in [0.25, 0.3) is 0 Å². The third kappa shape index (κ3) is 3.93. The van der Waals surface area contributed by atoms with Crippen molar-refractivity contribution in [3.8, 4) is 18.0 Å². The number of nitrogens with zero attached hydrogens (tertiary/aromatic N) is 4. The van der Waals surface area contributed by atoms with E-state index >= 15 is 0 Å². The molecule has 0 saturated heterocycles. The number of ether oxygens (including phenoxy) is 1. The van der Waals surface area contributed by atoms with E-state index in [1.165, 1.54) is 12.1 Å². The lowest BCUT2D eigenvalue weighted by atomic mass is 9.94. The molecule has 3 aromatic rings. The molecule has 1 aliphatic rings. The lowest BCUT2D eigenvalue weighted by Gasteiger charge is -2.26. The third-order valence-electron chi connectivity index (χ3n) is 4.85. The smallest absolute Gasteiger partial charge is 0.211 e. The van der Waals surface area contributed by atoms with Gasteiger partial charge in [0.05, 0.1) is 5.69 Å². The van der Waals surface area contributed by atoms with Crippen LogP contribution in [0.4, 0.5) is 21.7 Å². The number of nitriles is 2. The summed E-state index contributed by atoms with van der Waals surface area (Å²) in [6.07, 6.45) is 1.81. The molecule has 0 saturated carbocycles. The van der Waals surface area contributed by atoms with Crippen molar-refractivity contribution in [3.05, 3.63) is 76.6 Å². The number of guanidine groups is 1. The summed E-state index contributed by atoms with van der Waals surface area (Å²) in [4.78, 5) is 8.74. The van der Waals surface area contributed by atoms with Crippen LogP contribution in [-0.2, 0) is 6.61 Å². The maximum Gasteiger partial charge on any atom is 0.211 e. The average Bonchev–Trinajstić information content (AvgIpc) is 2.78. The van der Waals surface area contributed by atoms with Gasteiger partial charge >= 0.3 is 0 Å². The van der Waals surface area contributed by atoms with E-state index in [1.807, 2.05) is 36.5 Å². The first-order valence-electron chi connectivity index (χ1n) is 9.46. The largest absolute Gasteiger partial charge is 0.489 e. The number of halogens is 1. The summed E-state index contributed by atoms with van der Waals surface area (Å²) in [6, 6.07) is 14.6. The van der Waals surface area contributed by atoms with Gasteiger partial charge in [-0.2, -0.15) is 10.5 Å². The van der Waals surface area contributed by atoms with Crippen molar-refractivity contribution < 1.29 is 9.13 Å². The van der Waals surface area contributed by atoms with Gasteiger partial charge in [0.1, 0.15) is 47.5 Å². The predicted molar refractivity (Wildman–Crippen MR) is 117 cm³/mol. The quantitative estimate of drug-likeness (QED) is 0.365. The van der Waals surface area contributed by atoms with Crippen LogP contribution in [0.1, 0.15) is 28.3 Å². The van der Waals surface area contributed by atoms with Gasteiger partial charge in [-0.3, -0.25) is 5.32 Å². The minimum absolute atomic E-state index is 0.0157. The molecule has 158 valence electrons. The Morgan fingerprint density at radius 1 is 1.16 bits per heavy atom. The second kappa shape index (κ2) is 8.50. The Hall–Kier alpha value is -4.83. The van der Waals surface area contributed by atoms with E-state index in [0.717, 1.165) is 11.1 Å². The number of anilines is 3. The number of hydrogen-bond acceptors (Lipinski definition) is 9. The predicted octanol–water partition coefficient (Wildman–Crippen LogP) is 2.78. The summed E-state index contributed by atoms with van der Waals surface area (Å²) >= 11 is 0. The number of aliphatic imine (C=N–C) groups is 1. The zero-order valence-electron chi connectivity index (χ0n) is 16.6. The molecule has 1 atom stereocenters. The number of nitrogens with one attached hydrogen (secondary N) is 2. The minimum atomic E-state index is -0.625. The Bertz CT molecular complexity index is 1290. The fourth-order valence-electron chi connectivity index (χ4n) is 3.34. The molecule has 0 fully saturated rings. The van der Waals surface area contributed by atoms with Crippen LogP contribution in [0.5, 0.6) is 5.75 Å². The molecule has 4 rings (SSSR count). The van der Waals surface area contributed by atoms with E-state index in [4.69, 9.17) is 21.5 Å². The van der Waals surface area contributed by atoms with Gasteiger partial charge in [-0.15, -0.1) is 0 Å². The molecule has 2 heterocycles. The molecular formula is C22H17FN8O. The van der Waals surface area contributed by atoms with E-state index in [9.17, 15) is 9.65 Å². The van der Waals surface area contributed by atoms with E-state index < -0.39 is 6.04 Å². The summed E-state index contributed by atoms with van der Waals surface area (Å²) in [6.45, 7) is 0.246. The van der Waals surface area contributed by atoms with Crippen LogP contribution in [0.3, 0.4) is 0 Å². The molecule has 1 aromatic heterocycles. The molecule has 10 heteroatoms. The number of nitrogen functional groups attached to an aromatic ring is 2. The Balaban J connectivity index is 1.65. The summed E-state index contributed by atoms with van der Waals surface area (Å²) in [5.74, 6) is 0.539. The first-order valence-corrected chi connectivity index (χ1v) is 9.46. The minimum Gasteiger partial charge on any atom is -0.489 e. The van der Waals surface area contributed by atoms with Crippen LogP contribution in [-0.4, -0.2) is 10.9 Å². The van der Waals surface area contributed by atoms with E-state index in [1.54, 1.807) is 12.1 Å². The van der Waals surface area contributed by atoms with Crippen LogP contribution in [0, 0.1) is 28.6 Å².